The van der Waals surface area contributed by atoms with E-state index in [1.807, 2.05) is 0 Å². The van der Waals surface area contributed by atoms with Crippen molar-refractivity contribution < 1.29 is 4.39 Å². The molecule has 1 nitrogen and oxygen atoms in total. The highest BCUT2D eigenvalue weighted by Gasteiger charge is 2.59. The summed E-state index contributed by atoms with van der Waals surface area (Å²) in [5, 5.41) is 0. The van der Waals surface area contributed by atoms with Crippen molar-refractivity contribution in [2.45, 2.75) is 72.1 Å². The van der Waals surface area contributed by atoms with Gasteiger partial charge in [0.2, 0.25) is 0 Å². The molecule has 0 N–H and O–H groups in total. The van der Waals surface area contributed by atoms with Crippen molar-refractivity contribution in [1.29, 1.82) is 0 Å². The standard InChI is InChI=1S/C15H28FN/c1-10(2)14-6-7-15(8-13(15)12(5)16)9-17(14)11(3)4/h10-14H,6-9H2,1-5H3. The first-order chi connectivity index (χ1) is 7.87. The van der Waals surface area contributed by atoms with Gasteiger partial charge in [0.25, 0.3) is 0 Å². The molecule has 0 aromatic carbocycles. The van der Waals surface area contributed by atoms with Crippen LogP contribution >= 0.6 is 0 Å². The normalized spacial score (nSPS) is 40.2. The number of nitrogens with zero attached hydrogens (tertiary/aromatic N) is 1. The fourth-order valence-corrected chi connectivity index (χ4v) is 3.94. The van der Waals surface area contributed by atoms with E-state index in [4.69, 9.17) is 0 Å². The van der Waals surface area contributed by atoms with E-state index in [-0.39, 0.29) is 0 Å². The van der Waals surface area contributed by atoms with Gasteiger partial charge in [-0.05, 0) is 57.3 Å². The predicted octanol–water partition coefficient (Wildman–Crippen LogP) is 3.88. The maximum atomic E-state index is 13.5. The third-order valence-corrected chi connectivity index (χ3v) is 5.10. The van der Waals surface area contributed by atoms with E-state index in [9.17, 15) is 4.39 Å². The third-order valence-electron chi connectivity index (χ3n) is 5.10. The lowest BCUT2D eigenvalue weighted by Gasteiger charge is -2.45. The Morgan fingerprint density at radius 2 is 1.82 bits per heavy atom. The zero-order valence-electron chi connectivity index (χ0n) is 12.0. The molecule has 1 aliphatic carbocycles. The minimum absolute atomic E-state index is 0.337. The van der Waals surface area contributed by atoms with Crippen LogP contribution in [0.4, 0.5) is 4.39 Å². The molecule has 2 heteroatoms. The molecule has 17 heavy (non-hydrogen) atoms. The molecule has 0 amide bonds. The molecule has 1 aliphatic heterocycles. The molecule has 4 atom stereocenters. The van der Waals surface area contributed by atoms with Crippen LogP contribution in [0.1, 0.15) is 53.9 Å². The zero-order valence-corrected chi connectivity index (χ0v) is 12.0. The fourth-order valence-electron chi connectivity index (χ4n) is 3.94. The van der Waals surface area contributed by atoms with Crippen molar-refractivity contribution in [3.63, 3.8) is 0 Å². The molecular formula is C15H28FN. The van der Waals surface area contributed by atoms with Crippen LogP contribution in [0.5, 0.6) is 0 Å². The average molecular weight is 241 g/mol. The second-order valence-electron chi connectivity index (χ2n) is 6.97. The van der Waals surface area contributed by atoms with Crippen LogP contribution in [0.2, 0.25) is 0 Å². The van der Waals surface area contributed by atoms with Crippen LogP contribution in [0.25, 0.3) is 0 Å². The van der Waals surface area contributed by atoms with E-state index in [2.05, 4.69) is 32.6 Å². The van der Waals surface area contributed by atoms with Crippen molar-refractivity contribution in [2.75, 3.05) is 6.54 Å². The third kappa shape index (κ3) is 2.38. The number of piperidine rings is 1. The summed E-state index contributed by atoms with van der Waals surface area (Å²) < 4.78 is 13.5. The van der Waals surface area contributed by atoms with Crippen molar-refractivity contribution >= 4 is 0 Å². The second kappa shape index (κ2) is 4.53. The molecule has 1 saturated heterocycles. The highest BCUT2D eigenvalue weighted by molar-refractivity contribution is 5.09. The van der Waals surface area contributed by atoms with E-state index in [1.54, 1.807) is 6.92 Å². The summed E-state index contributed by atoms with van der Waals surface area (Å²) in [6.07, 6.45) is 3.02. The van der Waals surface area contributed by atoms with Crippen molar-refractivity contribution in [1.82, 2.24) is 4.90 Å². The lowest BCUT2D eigenvalue weighted by molar-refractivity contribution is 0.0313. The van der Waals surface area contributed by atoms with Gasteiger partial charge in [0, 0.05) is 18.6 Å². The predicted molar refractivity (Wildman–Crippen MR) is 70.8 cm³/mol. The van der Waals surface area contributed by atoms with Crippen molar-refractivity contribution in [3.8, 4) is 0 Å². The van der Waals surface area contributed by atoms with Crippen molar-refractivity contribution in [2.24, 2.45) is 17.3 Å². The Balaban J connectivity index is 2.06. The quantitative estimate of drug-likeness (QED) is 0.725. The molecule has 1 spiro atoms. The van der Waals surface area contributed by atoms with E-state index in [1.165, 1.54) is 12.8 Å². The minimum Gasteiger partial charge on any atom is -0.297 e. The van der Waals surface area contributed by atoms with Gasteiger partial charge in [-0.2, -0.15) is 0 Å². The Kier molecular flexibility index (Phi) is 3.55. The van der Waals surface area contributed by atoms with Gasteiger partial charge in [-0.15, -0.1) is 0 Å². The van der Waals surface area contributed by atoms with Crippen LogP contribution in [0.15, 0.2) is 0 Å². The molecule has 100 valence electrons. The van der Waals surface area contributed by atoms with E-state index in [0.717, 1.165) is 18.9 Å². The van der Waals surface area contributed by atoms with Crippen molar-refractivity contribution in [3.05, 3.63) is 0 Å². The number of hydrogen-bond acceptors (Lipinski definition) is 1. The van der Waals surface area contributed by atoms with Gasteiger partial charge >= 0.3 is 0 Å². The SMILES string of the molecule is CC(C)C1CCC2(CC2C(C)F)CN1C(C)C. The number of alkyl halides is 1. The van der Waals surface area contributed by atoms with Crippen LogP contribution in [0, 0.1) is 17.3 Å². The zero-order chi connectivity index (χ0) is 12.8. The van der Waals surface area contributed by atoms with Gasteiger partial charge in [-0.1, -0.05) is 13.8 Å². The van der Waals surface area contributed by atoms with E-state index >= 15 is 0 Å². The van der Waals surface area contributed by atoms with E-state index in [0.29, 0.717) is 23.4 Å². The van der Waals surface area contributed by atoms with Gasteiger partial charge in [0.1, 0.15) is 6.17 Å². The Morgan fingerprint density at radius 1 is 1.18 bits per heavy atom. The smallest absolute Gasteiger partial charge is 0.101 e. The summed E-state index contributed by atoms with van der Waals surface area (Å²) in [6.45, 7) is 12.1. The summed E-state index contributed by atoms with van der Waals surface area (Å²) in [7, 11) is 0. The first-order valence-corrected chi connectivity index (χ1v) is 7.27. The number of rotatable bonds is 3. The number of likely N-dealkylation sites (tertiary alicyclic amines) is 1. The molecule has 0 aromatic rings. The lowest BCUT2D eigenvalue weighted by Crippen LogP contribution is -2.50. The topological polar surface area (TPSA) is 3.24 Å². The Hall–Kier alpha value is -0.110. The second-order valence-corrected chi connectivity index (χ2v) is 6.97. The minimum atomic E-state index is -0.611. The molecule has 1 heterocycles. The van der Waals surface area contributed by atoms with Crippen LogP contribution in [-0.2, 0) is 0 Å². The molecule has 0 bridgehead atoms. The van der Waals surface area contributed by atoms with Crippen LogP contribution in [-0.4, -0.2) is 29.7 Å². The summed E-state index contributed by atoms with van der Waals surface area (Å²) in [5.41, 5.74) is 0.337. The van der Waals surface area contributed by atoms with Crippen LogP contribution in [0.3, 0.4) is 0 Å². The Morgan fingerprint density at radius 3 is 2.24 bits per heavy atom. The fraction of sp³-hybridized carbons (Fsp3) is 1.00. The summed E-state index contributed by atoms with van der Waals surface area (Å²) in [4.78, 5) is 2.64. The number of halogens is 1. The highest BCUT2D eigenvalue weighted by Crippen LogP contribution is 2.61. The van der Waals surface area contributed by atoms with Gasteiger partial charge in [-0.3, -0.25) is 4.90 Å². The lowest BCUT2D eigenvalue weighted by atomic mass is 9.82. The number of hydrogen-bond donors (Lipinski definition) is 0. The summed E-state index contributed by atoms with van der Waals surface area (Å²) >= 11 is 0. The molecule has 0 radical (unpaired) electrons. The summed E-state index contributed by atoms with van der Waals surface area (Å²) in [6, 6.07) is 1.30. The first kappa shape index (κ1) is 13.3. The van der Waals surface area contributed by atoms with Gasteiger partial charge in [0.15, 0.2) is 0 Å². The first-order valence-electron chi connectivity index (χ1n) is 7.27. The largest absolute Gasteiger partial charge is 0.297 e. The Labute approximate surface area is 106 Å². The molecule has 2 rings (SSSR count). The molecule has 4 unspecified atom stereocenters. The maximum Gasteiger partial charge on any atom is 0.101 e. The van der Waals surface area contributed by atoms with Crippen LogP contribution < -0.4 is 0 Å². The molecule has 2 aliphatic rings. The molecule has 2 fully saturated rings. The maximum absolute atomic E-state index is 13.5. The molecule has 0 aromatic heterocycles. The van der Waals surface area contributed by atoms with Gasteiger partial charge in [0.05, 0.1) is 0 Å². The van der Waals surface area contributed by atoms with Gasteiger partial charge < -0.3 is 0 Å². The molecule has 1 saturated carbocycles. The van der Waals surface area contributed by atoms with Gasteiger partial charge in [-0.25, -0.2) is 4.39 Å². The average Bonchev–Trinajstić information content (AvgIpc) is 2.92. The monoisotopic (exact) mass is 241 g/mol. The summed E-state index contributed by atoms with van der Waals surface area (Å²) in [5.74, 6) is 1.06. The highest BCUT2D eigenvalue weighted by atomic mass is 19.1. The molecular weight excluding hydrogens is 213 g/mol. The Bertz CT molecular complexity index is 274. The van der Waals surface area contributed by atoms with E-state index < -0.39 is 6.17 Å².